The van der Waals surface area contributed by atoms with Crippen molar-refractivity contribution in [1.82, 2.24) is 0 Å². The fourth-order valence-electron chi connectivity index (χ4n) is 2.37. The number of rotatable bonds is 4. The van der Waals surface area contributed by atoms with Crippen molar-refractivity contribution in [3.05, 3.63) is 0 Å². The first-order valence-corrected chi connectivity index (χ1v) is 5.79. The molecule has 1 rings (SSSR count). The number of guanidine groups is 1. The van der Waals surface area contributed by atoms with E-state index in [9.17, 15) is 9.90 Å². The molecule has 0 heterocycles. The van der Waals surface area contributed by atoms with E-state index in [1.54, 1.807) is 0 Å². The molecule has 0 aliphatic heterocycles. The first-order valence-electron chi connectivity index (χ1n) is 5.79. The lowest BCUT2D eigenvalue weighted by Gasteiger charge is -2.35. The van der Waals surface area contributed by atoms with Gasteiger partial charge in [0.15, 0.2) is 5.96 Å². The predicted octanol–water partition coefficient (Wildman–Crippen LogP) is 0.931. The summed E-state index contributed by atoms with van der Waals surface area (Å²) in [5.41, 5.74) is 10.0. The van der Waals surface area contributed by atoms with Crippen LogP contribution in [0.25, 0.3) is 0 Å². The standard InChI is InChI=1S/C11H21N3O2/c1-2-11(9(15)16)5-3-8(4-6-11)7-14-10(12)13/h8H,2-7H2,1H3,(H,15,16)(H4,12,13,14). The van der Waals surface area contributed by atoms with Crippen molar-refractivity contribution < 1.29 is 9.90 Å². The molecule has 0 aromatic rings. The molecule has 16 heavy (non-hydrogen) atoms. The van der Waals surface area contributed by atoms with Crippen molar-refractivity contribution in [2.24, 2.45) is 27.8 Å². The van der Waals surface area contributed by atoms with Gasteiger partial charge in [0.05, 0.1) is 5.41 Å². The number of carboxylic acid groups (broad SMARTS) is 1. The molecule has 1 aliphatic rings. The van der Waals surface area contributed by atoms with Crippen LogP contribution in [0.5, 0.6) is 0 Å². The molecule has 0 spiro atoms. The molecule has 0 atom stereocenters. The summed E-state index contributed by atoms with van der Waals surface area (Å²) in [5.74, 6) is -0.109. The number of hydrogen-bond donors (Lipinski definition) is 3. The van der Waals surface area contributed by atoms with E-state index in [2.05, 4.69) is 4.99 Å². The molecule has 0 aromatic carbocycles. The highest BCUT2D eigenvalue weighted by molar-refractivity contribution is 5.75. The Morgan fingerprint density at radius 1 is 1.44 bits per heavy atom. The Balaban J connectivity index is 2.50. The lowest BCUT2D eigenvalue weighted by Crippen LogP contribution is -2.35. The highest BCUT2D eigenvalue weighted by atomic mass is 16.4. The summed E-state index contributed by atoms with van der Waals surface area (Å²) in [6.07, 6.45) is 3.98. The number of nitrogens with two attached hydrogens (primary N) is 2. The van der Waals surface area contributed by atoms with Crippen LogP contribution >= 0.6 is 0 Å². The van der Waals surface area contributed by atoms with Crippen molar-refractivity contribution in [3.63, 3.8) is 0 Å². The van der Waals surface area contributed by atoms with E-state index >= 15 is 0 Å². The number of carboxylic acids is 1. The average molecular weight is 227 g/mol. The summed E-state index contributed by atoms with van der Waals surface area (Å²) in [5, 5.41) is 9.23. The van der Waals surface area contributed by atoms with Crippen LogP contribution in [0.15, 0.2) is 4.99 Å². The Hall–Kier alpha value is -1.26. The van der Waals surface area contributed by atoms with Crippen molar-refractivity contribution >= 4 is 11.9 Å². The van der Waals surface area contributed by atoms with Gasteiger partial charge in [0.25, 0.3) is 0 Å². The number of carbonyl (C=O) groups is 1. The van der Waals surface area contributed by atoms with Crippen molar-refractivity contribution in [3.8, 4) is 0 Å². The highest BCUT2D eigenvalue weighted by Gasteiger charge is 2.40. The second kappa shape index (κ2) is 5.18. The van der Waals surface area contributed by atoms with Crippen LogP contribution in [-0.4, -0.2) is 23.6 Å². The maximum Gasteiger partial charge on any atom is 0.309 e. The number of aliphatic imine (C=N–C) groups is 1. The third kappa shape index (κ3) is 2.87. The second-order valence-electron chi connectivity index (χ2n) is 4.65. The van der Waals surface area contributed by atoms with E-state index < -0.39 is 11.4 Å². The predicted molar refractivity (Wildman–Crippen MR) is 63.0 cm³/mol. The van der Waals surface area contributed by atoms with E-state index in [1.807, 2.05) is 6.92 Å². The number of hydrogen-bond acceptors (Lipinski definition) is 2. The number of nitrogens with zero attached hydrogens (tertiary/aromatic N) is 1. The molecule has 0 aromatic heterocycles. The lowest BCUT2D eigenvalue weighted by atomic mass is 9.69. The minimum absolute atomic E-state index is 0.116. The quantitative estimate of drug-likeness (QED) is 0.491. The molecule has 5 N–H and O–H groups in total. The van der Waals surface area contributed by atoms with Gasteiger partial charge in [-0.2, -0.15) is 0 Å². The third-order valence-electron chi connectivity index (χ3n) is 3.72. The third-order valence-corrected chi connectivity index (χ3v) is 3.72. The smallest absolute Gasteiger partial charge is 0.309 e. The van der Waals surface area contributed by atoms with Gasteiger partial charge in [0.1, 0.15) is 0 Å². The molecule has 0 saturated heterocycles. The molecular weight excluding hydrogens is 206 g/mol. The topological polar surface area (TPSA) is 102 Å². The molecule has 1 aliphatic carbocycles. The molecule has 0 bridgehead atoms. The Kier molecular flexibility index (Phi) is 4.15. The molecule has 0 unspecified atom stereocenters. The van der Waals surface area contributed by atoms with Gasteiger partial charge in [-0.05, 0) is 38.0 Å². The van der Waals surface area contributed by atoms with Crippen LogP contribution in [0, 0.1) is 11.3 Å². The SMILES string of the molecule is CCC1(C(=O)O)CCC(CN=C(N)N)CC1. The maximum atomic E-state index is 11.2. The first-order chi connectivity index (χ1) is 7.50. The van der Waals surface area contributed by atoms with Crippen LogP contribution in [0.1, 0.15) is 39.0 Å². The summed E-state index contributed by atoms with van der Waals surface area (Å²) in [7, 11) is 0. The fraction of sp³-hybridized carbons (Fsp3) is 0.818. The Morgan fingerprint density at radius 2 is 2.00 bits per heavy atom. The van der Waals surface area contributed by atoms with Crippen molar-refractivity contribution in [1.29, 1.82) is 0 Å². The van der Waals surface area contributed by atoms with Crippen molar-refractivity contribution in [2.75, 3.05) is 6.54 Å². The molecule has 1 saturated carbocycles. The zero-order valence-electron chi connectivity index (χ0n) is 9.78. The normalized spacial score (nSPS) is 29.7. The molecule has 5 heteroatoms. The average Bonchev–Trinajstić information content (AvgIpc) is 2.26. The highest BCUT2D eigenvalue weighted by Crippen LogP contribution is 2.41. The van der Waals surface area contributed by atoms with Crippen molar-refractivity contribution in [2.45, 2.75) is 39.0 Å². The van der Waals surface area contributed by atoms with Crippen LogP contribution in [0.4, 0.5) is 0 Å². The van der Waals surface area contributed by atoms with Crippen LogP contribution in [0.3, 0.4) is 0 Å². The Labute approximate surface area is 95.9 Å². The molecule has 1 fully saturated rings. The maximum absolute atomic E-state index is 11.2. The zero-order chi connectivity index (χ0) is 12.2. The van der Waals surface area contributed by atoms with Crippen LogP contribution in [0.2, 0.25) is 0 Å². The van der Waals surface area contributed by atoms with E-state index in [-0.39, 0.29) is 5.96 Å². The second-order valence-corrected chi connectivity index (χ2v) is 4.65. The summed E-state index contributed by atoms with van der Waals surface area (Å²) < 4.78 is 0. The van der Waals surface area contributed by atoms with Gasteiger partial charge in [0.2, 0.25) is 0 Å². The molecule has 92 valence electrons. The molecular formula is C11H21N3O2. The van der Waals surface area contributed by atoms with E-state index in [0.29, 0.717) is 18.9 Å². The van der Waals surface area contributed by atoms with Crippen LogP contribution in [-0.2, 0) is 4.79 Å². The summed E-state index contributed by atoms with van der Waals surface area (Å²) in [6.45, 7) is 2.58. The van der Waals surface area contributed by atoms with Gasteiger partial charge in [-0.1, -0.05) is 6.92 Å². The minimum atomic E-state index is -0.657. The van der Waals surface area contributed by atoms with Crippen LogP contribution < -0.4 is 11.5 Å². The molecule has 0 radical (unpaired) electrons. The first kappa shape index (κ1) is 12.8. The summed E-state index contributed by atoms with van der Waals surface area (Å²) >= 11 is 0. The van der Waals surface area contributed by atoms with Gasteiger partial charge >= 0.3 is 5.97 Å². The summed E-state index contributed by atoms with van der Waals surface area (Å²) in [6, 6.07) is 0. The lowest BCUT2D eigenvalue weighted by molar-refractivity contribution is -0.151. The molecule has 0 amide bonds. The van der Waals surface area contributed by atoms with E-state index in [1.165, 1.54) is 0 Å². The van der Waals surface area contributed by atoms with E-state index in [4.69, 9.17) is 11.5 Å². The van der Waals surface area contributed by atoms with Gasteiger partial charge in [-0.3, -0.25) is 9.79 Å². The van der Waals surface area contributed by atoms with E-state index in [0.717, 1.165) is 25.7 Å². The van der Waals surface area contributed by atoms with Gasteiger partial charge in [0, 0.05) is 6.54 Å². The largest absolute Gasteiger partial charge is 0.481 e. The van der Waals surface area contributed by atoms with Gasteiger partial charge < -0.3 is 16.6 Å². The summed E-state index contributed by atoms with van der Waals surface area (Å²) in [4.78, 5) is 15.2. The molecule has 5 nitrogen and oxygen atoms in total. The monoisotopic (exact) mass is 227 g/mol. The fourth-order valence-corrected chi connectivity index (χ4v) is 2.37. The Bertz CT molecular complexity index is 277. The Morgan fingerprint density at radius 3 is 2.38 bits per heavy atom. The van der Waals surface area contributed by atoms with Gasteiger partial charge in [-0.15, -0.1) is 0 Å². The minimum Gasteiger partial charge on any atom is -0.481 e. The zero-order valence-corrected chi connectivity index (χ0v) is 9.78. The number of aliphatic carboxylic acids is 1. The van der Waals surface area contributed by atoms with Gasteiger partial charge in [-0.25, -0.2) is 0 Å².